The maximum absolute atomic E-state index is 11.3. The molecule has 0 unspecified atom stereocenters. The van der Waals surface area contributed by atoms with E-state index in [2.05, 4.69) is 10.3 Å². The molecule has 0 saturated heterocycles. The average Bonchev–Trinajstić information content (AvgIpc) is 2.10. The highest BCUT2D eigenvalue weighted by Crippen LogP contribution is 1.86. The molecule has 70 valence electrons. The van der Waals surface area contributed by atoms with Gasteiger partial charge in [0.05, 0.1) is 6.33 Å². The zero-order valence-electron chi connectivity index (χ0n) is 7.02. The zero-order valence-corrected chi connectivity index (χ0v) is 7.02. The van der Waals surface area contributed by atoms with E-state index in [4.69, 9.17) is 5.11 Å². The number of nitrogens with one attached hydrogen (secondary N) is 1. The molecule has 0 radical (unpaired) electrons. The van der Waals surface area contributed by atoms with Crippen LogP contribution in [0.1, 0.15) is 10.4 Å². The van der Waals surface area contributed by atoms with Crippen LogP contribution in [0.15, 0.2) is 17.3 Å². The molecule has 0 aliphatic heterocycles. The Labute approximate surface area is 73.8 Å². The normalized spacial score (nSPS) is 9.69. The number of nitrogens with zero attached hydrogens (tertiary/aromatic N) is 2. The van der Waals surface area contributed by atoms with Gasteiger partial charge in [-0.3, -0.25) is 9.59 Å². The van der Waals surface area contributed by atoms with Crippen LogP contribution < -0.4 is 10.9 Å². The molecular weight excluding hydrogens is 174 g/mol. The standard InChI is InChI=1S/C7H9N3O3/c1-10-3-8-2-5(7(10)13)6(12)9-4-11/h2-3,11H,4H2,1H3,(H,9,12). The summed E-state index contributed by atoms with van der Waals surface area (Å²) < 4.78 is 1.19. The van der Waals surface area contributed by atoms with E-state index in [1.54, 1.807) is 0 Å². The second kappa shape index (κ2) is 3.81. The summed E-state index contributed by atoms with van der Waals surface area (Å²) in [6.07, 6.45) is 2.46. The SMILES string of the molecule is Cn1cncc(C(=O)NCO)c1=O. The third-order valence-corrected chi connectivity index (χ3v) is 1.48. The summed E-state index contributed by atoms with van der Waals surface area (Å²) in [6, 6.07) is 0. The summed E-state index contributed by atoms with van der Waals surface area (Å²) >= 11 is 0. The number of carbonyl (C=O) groups excluding carboxylic acids is 1. The van der Waals surface area contributed by atoms with Crippen molar-refractivity contribution in [1.29, 1.82) is 0 Å². The number of aliphatic hydroxyl groups is 1. The van der Waals surface area contributed by atoms with Crippen LogP contribution in [-0.4, -0.2) is 27.3 Å². The summed E-state index contributed by atoms with van der Waals surface area (Å²) in [6.45, 7) is -0.503. The number of aliphatic hydroxyl groups excluding tert-OH is 1. The van der Waals surface area contributed by atoms with Gasteiger partial charge in [0.15, 0.2) is 0 Å². The molecule has 1 heterocycles. The van der Waals surface area contributed by atoms with Crippen molar-refractivity contribution in [2.45, 2.75) is 0 Å². The molecule has 0 saturated carbocycles. The first-order chi connectivity index (χ1) is 6.16. The van der Waals surface area contributed by atoms with Gasteiger partial charge in [0, 0.05) is 13.2 Å². The highest BCUT2D eigenvalue weighted by atomic mass is 16.3. The lowest BCUT2D eigenvalue weighted by atomic mass is 10.3. The largest absolute Gasteiger partial charge is 0.376 e. The van der Waals surface area contributed by atoms with Crippen LogP contribution in [0, 0.1) is 0 Å². The predicted molar refractivity (Wildman–Crippen MR) is 44.0 cm³/mol. The lowest BCUT2D eigenvalue weighted by Gasteiger charge is -2.01. The van der Waals surface area contributed by atoms with Gasteiger partial charge in [-0.2, -0.15) is 0 Å². The van der Waals surface area contributed by atoms with Crippen LogP contribution in [0.4, 0.5) is 0 Å². The molecule has 1 amide bonds. The number of amides is 1. The molecule has 0 bridgehead atoms. The highest BCUT2D eigenvalue weighted by molar-refractivity contribution is 5.93. The highest BCUT2D eigenvalue weighted by Gasteiger charge is 2.09. The fourth-order valence-corrected chi connectivity index (χ4v) is 0.828. The molecule has 6 heteroatoms. The van der Waals surface area contributed by atoms with Gasteiger partial charge in [0.25, 0.3) is 11.5 Å². The Kier molecular flexibility index (Phi) is 2.76. The molecule has 0 aromatic carbocycles. The van der Waals surface area contributed by atoms with Crippen molar-refractivity contribution >= 4 is 5.91 Å². The fraction of sp³-hybridized carbons (Fsp3) is 0.286. The molecule has 1 aromatic rings. The van der Waals surface area contributed by atoms with E-state index < -0.39 is 18.2 Å². The molecule has 0 aliphatic carbocycles. The Morgan fingerprint density at radius 3 is 3.08 bits per heavy atom. The van der Waals surface area contributed by atoms with E-state index in [0.717, 1.165) is 6.20 Å². The van der Waals surface area contributed by atoms with Gasteiger partial charge in [0.2, 0.25) is 0 Å². The van der Waals surface area contributed by atoms with E-state index in [9.17, 15) is 9.59 Å². The van der Waals surface area contributed by atoms with Crippen LogP contribution in [0.3, 0.4) is 0 Å². The lowest BCUT2D eigenvalue weighted by Crippen LogP contribution is -2.32. The topological polar surface area (TPSA) is 84.2 Å². The molecule has 1 aromatic heterocycles. The van der Waals surface area contributed by atoms with Crippen molar-refractivity contribution in [3.8, 4) is 0 Å². The van der Waals surface area contributed by atoms with Crippen LogP contribution in [0.25, 0.3) is 0 Å². The van der Waals surface area contributed by atoms with E-state index in [1.165, 1.54) is 17.9 Å². The van der Waals surface area contributed by atoms with Gasteiger partial charge >= 0.3 is 0 Å². The van der Waals surface area contributed by atoms with Gasteiger partial charge < -0.3 is 15.0 Å². The second-order valence-corrected chi connectivity index (χ2v) is 2.39. The number of aryl methyl sites for hydroxylation is 1. The van der Waals surface area contributed by atoms with Gasteiger partial charge in [0.1, 0.15) is 12.3 Å². The first kappa shape index (κ1) is 9.40. The van der Waals surface area contributed by atoms with Crippen LogP contribution in [-0.2, 0) is 7.05 Å². The Morgan fingerprint density at radius 1 is 1.77 bits per heavy atom. The first-order valence-corrected chi connectivity index (χ1v) is 3.56. The summed E-state index contributed by atoms with van der Waals surface area (Å²) in [5.41, 5.74) is -0.528. The Bertz CT molecular complexity index is 371. The fourth-order valence-electron chi connectivity index (χ4n) is 0.828. The maximum Gasteiger partial charge on any atom is 0.265 e. The molecule has 2 N–H and O–H groups in total. The first-order valence-electron chi connectivity index (χ1n) is 3.56. The Morgan fingerprint density at radius 2 is 2.46 bits per heavy atom. The van der Waals surface area contributed by atoms with Crippen molar-refractivity contribution in [2.24, 2.45) is 7.05 Å². The minimum Gasteiger partial charge on any atom is -0.376 e. The van der Waals surface area contributed by atoms with Crippen molar-refractivity contribution in [3.05, 3.63) is 28.4 Å². The molecule has 0 atom stereocenters. The van der Waals surface area contributed by atoms with E-state index in [0.29, 0.717) is 0 Å². The lowest BCUT2D eigenvalue weighted by molar-refractivity contribution is 0.0907. The quantitative estimate of drug-likeness (QED) is 0.544. The summed E-state index contributed by atoms with van der Waals surface area (Å²) in [5, 5.41) is 10.5. The van der Waals surface area contributed by atoms with Gasteiger partial charge in [-0.05, 0) is 0 Å². The number of carbonyl (C=O) groups is 1. The molecular formula is C7H9N3O3. The van der Waals surface area contributed by atoms with E-state index >= 15 is 0 Å². The van der Waals surface area contributed by atoms with Crippen LogP contribution >= 0.6 is 0 Å². The Balaban J connectivity index is 3.08. The molecule has 13 heavy (non-hydrogen) atoms. The number of rotatable bonds is 2. The van der Waals surface area contributed by atoms with E-state index in [-0.39, 0.29) is 5.56 Å². The van der Waals surface area contributed by atoms with Crippen molar-refractivity contribution in [1.82, 2.24) is 14.9 Å². The number of hydrogen-bond acceptors (Lipinski definition) is 4. The number of aromatic nitrogens is 2. The minimum absolute atomic E-state index is 0.0842. The monoisotopic (exact) mass is 183 g/mol. The van der Waals surface area contributed by atoms with Gasteiger partial charge in [-0.1, -0.05) is 0 Å². The third-order valence-electron chi connectivity index (χ3n) is 1.48. The summed E-state index contributed by atoms with van der Waals surface area (Å²) in [4.78, 5) is 26.0. The van der Waals surface area contributed by atoms with Crippen molar-refractivity contribution in [3.63, 3.8) is 0 Å². The summed E-state index contributed by atoms with van der Waals surface area (Å²) in [7, 11) is 1.49. The van der Waals surface area contributed by atoms with Crippen molar-refractivity contribution < 1.29 is 9.90 Å². The predicted octanol–water partition coefficient (Wildman–Crippen LogP) is -1.54. The minimum atomic E-state index is -0.629. The third kappa shape index (κ3) is 1.91. The molecule has 6 nitrogen and oxygen atoms in total. The molecule has 1 rings (SSSR count). The van der Waals surface area contributed by atoms with Crippen LogP contribution in [0.2, 0.25) is 0 Å². The van der Waals surface area contributed by atoms with Crippen LogP contribution in [0.5, 0.6) is 0 Å². The second-order valence-electron chi connectivity index (χ2n) is 2.39. The molecule has 0 fully saturated rings. The maximum atomic E-state index is 11.3. The van der Waals surface area contributed by atoms with Crippen molar-refractivity contribution in [2.75, 3.05) is 6.73 Å². The van der Waals surface area contributed by atoms with E-state index in [1.807, 2.05) is 0 Å². The van der Waals surface area contributed by atoms with Gasteiger partial charge in [-0.15, -0.1) is 0 Å². The van der Waals surface area contributed by atoms with Gasteiger partial charge in [-0.25, -0.2) is 4.98 Å². The Hall–Kier alpha value is -1.69. The number of hydrogen-bond donors (Lipinski definition) is 2. The zero-order chi connectivity index (χ0) is 9.84. The molecule has 0 spiro atoms. The smallest absolute Gasteiger partial charge is 0.265 e. The summed E-state index contributed by atoms with van der Waals surface area (Å²) in [5.74, 6) is -0.629. The molecule has 0 aliphatic rings. The average molecular weight is 183 g/mol.